The summed E-state index contributed by atoms with van der Waals surface area (Å²) in [5.41, 5.74) is 0.660. The highest BCUT2D eigenvalue weighted by Gasteiger charge is 2.37. The van der Waals surface area contributed by atoms with Crippen LogP contribution < -0.4 is 10.2 Å². The first-order valence-electron chi connectivity index (χ1n) is 6.55. The average Bonchev–Trinajstić information content (AvgIpc) is 2.80. The van der Waals surface area contributed by atoms with E-state index in [4.69, 9.17) is 16.7 Å². The van der Waals surface area contributed by atoms with E-state index in [1.54, 1.807) is 24.3 Å². The fourth-order valence-corrected chi connectivity index (χ4v) is 2.42. The number of hydrogen-bond donors (Lipinski definition) is 2. The molecule has 0 aromatic heterocycles. The van der Waals surface area contributed by atoms with Crippen molar-refractivity contribution in [3.05, 3.63) is 29.3 Å². The maximum Gasteiger partial charge on any atom is 0.305 e. The number of rotatable bonds is 5. The summed E-state index contributed by atoms with van der Waals surface area (Å²) >= 11 is 5.90. The number of carboxylic acid groups (broad SMARTS) is 1. The van der Waals surface area contributed by atoms with Crippen molar-refractivity contribution >= 4 is 35.1 Å². The lowest BCUT2D eigenvalue weighted by molar-refractivity contribution is -0.137. The first kappa shape index (κ1) is 15.3. The summed E-state index contributed by atoms with van der Waals surface area (Å²) in [6.07, 6.45) is 0.245. The smallest absolute Gasteiger partial charge is 0.305 e. The molecule has 1 aromatic carbocycles. The summed E-state index contributed by atoms with van der Waals surface area (Å²) in [6, 6.07) is 6.88. The predicted octanol–water partition coefficient (Wildman–Crippen LogP) is 1.28. The Morgan fingerprint density at radius 1 is 1.43 bits per heavy atom. The first-order chi connectivity index (χ1) is 9.99. The molecule has 2 amide bonds. The lowest BCUT2D eigenvalue weighted by atomic mass is 10.1. The van der Waals surface area contributed by atoms with Gasteiger partial charge in [-0.15, -0.1) is 0 Å². The van der Waals surface area contributed by atoms with Gasteiger partial charge in [-0.2, -0.15) is 0 Å². The van der Waals surface area contributed by atoms with Crippen LogP contribution in [0.5, 0.6) is 0 Å². The number of carboxylic acids is 1. The number of carbonyl (C=O) groups is 3. The van der Waals surface area contributed by atoms with Gasteiger partial charge in [-0.1, -0.05) is 17.7 Å². The molecule has 0 unspecified atom stereocenters. The normalized spacial score (nSPS) is 17.9. The Bertz CT molecular complexity index is 576. The number of carbonyl (C=O) groups excluding carboxylic acids is 2. The van der Waals surface area contributed by atoms with Crippen LogP contribution in [-0.4, -0.2) is 36.0 Å². The average molecular weight is 311 g/mol. The van der Waals surface area contributed by atoms with E-state index in [9.17, 15) is 14.4 Å². The maximum absolute atomic E-state index is 12.3. The minimum Gasteiger partial charge on any atom is -0.481 e. The van der Waals surface area contributed by atoms with Gasteiger partial charge in [0.1, 0.15) is 5.92 Å². The van der Waals surface area contributed by atoms with E-state index in [1.807, 2.05) is 0 Å². The third-order valence-electron chi connectivity index (χ3n) is 3.28. The lowest BCUT2D eigenvalue weighted by Gasteiger charge is -2.17. The van der Waals surface area contributed by atoms with Crippen LogP contribution in [0.25, 0.3) is 0 Å². The van der Waals surface area contributed by atoms with Crippen molar-refractivity contribution in [2.24, 2.45) is 5.92 Å². The molecule has 0 radical (unpaired) electrons. The summed E-state index contributed by atoms with van der Waals surface area (Å²) < 4.78 is 0. The minimum atomic E-state index is -0.992. The van der Waals surface area contributed by atoms with Crippen LogP contribution in [0.4, 0.5) is 5.69 Å². The largest absolute Gasteiger partial charge is 0.481 e. The van der Waals surface area contributed by atoms with Crippen molar-refractivity contribution in [2.45, 2.75) is 12.8 Å². The molecule has 21 heavy (non-hydrogen) atoms. The van der Waals surface area contributed by atoms with Gasteiger partial charge >= 0.3 is 5.97 Å². The van der Waals surface area contributed by atoms with Crippen LogP contribution in [0.2, 0.25) is 5.02 Å². The Morgan fingerprint density at radius 3 is 2.86 bits per heavy atom. The highest BCUT2D eigenvalue weighted by Crippen LogP contribution is 2.27. The number of amides is 2. The van der Waals surface area contributed by atoms with Gasteiger partial charge in [-0.3, -0.25) is 14.4 Å². The Balaban J connectivity index is 1.98. The quantitative estimate of drug-likeness (QED) is 0.802. The van der Waals surface area contributed by atoms with Gasteiger partial charge in [-0.25, -0.2) is 0 Å². The SMILES string of the molecule is O=C(O)CCNC(=O)[C@@H]1CCN(c2cccc(Cl)c2)C1=O. The number of halogens is 1. The van der Waals surface area contributed by atoms with Gasteiger partial charge < -0.3 is 15.3 Å². The Kier molecular flexibility index (Phi) is 4.80. The molecule has 1 aliphatic heterocycles. The molecule has 1 heterocycles. The van der Waals surface area contributed by atoms with Crippen molar-refractivity contribution in [1.29, 1.82) is 0 Å². The number of hydrogen-bond acceptors (Lipinski definition) is 3. The van der Waals surface area contributed by atoms with E-state index < -0.39 is 17.8 Å². The summed E-state index contributed by atoms with van der Waals surface area (Å²) in [5.74, 6) is -2.47. The summed E-state index contributed by atoms with van der Waals surface area (Å²) in [6.45, 7) is 0.464. The molecule has 0 aliphatic carbocycles. The van der Waals surface area contributed by atoms with Gasteiger partial charge in [0.2, 0.25) is 11.8 Å². The maximum atomic E-state index is 12.3. The van der Waals surface area contributed by atoms with Gasteiger partial charge in [0.25, 0.3) is 0 Å². The molecule has 0 bridgehead atoms. The summed E-state index contributed by atoms with van der Waals surface area (Å²) in [4.78, 5) is 36.1. The van der Waals surface area contributed by atoms with Crippen LogP contribution in [0.3, 0.4) is 0 Å². The monoisotopic (exact) mass is 310 g/mol. The van der Waals surface area contributed by atoms with Crippen LogP contribution in [0.15, 0.2) is 24.3 Å². The van der Waals surface area contributed by atoms with E-state index >= 15 is 0 Å². The topological polar surface area (TPSA) is 86.7 Å². The van der Waals surface area contributed by atoms with Gasteiger partial charge in [0.15, 0.2) is 0 Å². The molecule has 2 N–H and O–H groups in total. The molecule has 6 nitrogen and oxygen atoms in total. The second-order valence-electron chi connectivity index (χ2n) is 4.75. The molecule has 2 rings (SSSR count). The van der Waals surface area contributed by atoms with Crippen molar-refractivity contribution in [3.8, 4) is 0 Å². The van der Waals surface area contributed by atoms with Gasteiger partial charge in [0, 0.05) is 23.8 Å². The van der Waals surface area contributed by atoms with Gasteiger partial charge in [-0.05, 0) is 24.6 Å². The lowest BCUT2D eigenvalue weighted by Crippen LogP contribution is -2.37. The van der Waals surface area contributed by atoms with Crippen molar-refractivity contribution in [1.82, 2.24) is 5.32 Å². The van der Waals surface area contributed by atoms with E-state index in [1.165, 1.54) is 4.90 Å². The Hall–Kier alpha value is -2.08. The molecule has 1 fully saturated rings. The third kappa shape index (κ3) is 3.72. The van der Waals surface area contributed by atoms with Crippen LogP contribution in [0.1, 0.15) is 12.8 Å². The van der Waals surface area contributed by atoms with E-state index in [0.717, 1.165) is 0 Å². The second-order valence-corrected chi connectivity index (χ2v) is 5.18. The molecule has 1 atom stereocenters. The van der Waals surface area contributed by atoms with Crippen LogP contribution in [0, 0.1) is 5.92 Å². The molecule has 1 aromatic rings. The first-order valence-corrected chi connectivity index (χ1v) is 6.93. The van der Waals surface area contributed by atoms with Crippen LogP contribution >= 0.6 is 11.6 Å². The highest BCUT2D eigenvalue weighted by molar-refractivity contribution is 6.31. The van der Waals surface area contributed by atoms with E-state index in [2.05, 4.69) is 5.32 Å². The van der Waals surface area contributed by atoms with E-state index in [0.29, 0.717) is 23.7 Å². The second kappa shape index (κ2) is 6.58. The fraction of sp³-hybridized carbons (Fsp3) is 0.357. The van der Waals surface area contributed by atoms with Crippen molar-refractivity contribution in [3.63, 3.8) is 0 Å². The number of nitrogens with zero attached hydrogens (tertiary/aromatic N) is 1. The molecule has 112 valence electrons. The minimum absolute atomic E-state index is 0.0229. The standard InChI is InChI=1S/C14H15ClN2O4/c15-9-2-1-3-10(8-9)17-7-5-11(14(17)21)13(20)16-6-4-12(18)19/h1-3,8,11H,4-7H2,(H,16,20)(H,18,19)/t11-/m0/s1. The van der Waals surface area contributed by atoms with Crippen molar-refractivity contribution < 1.29 is 19.5 Å². The molecule has 0 spiro atoms. The zero-order chi connectivity index (χ0) is 15.4. The number of nitrogens with one attached hydrogen (secondary N) is 1. The summed E-state index contributed by atoms with van der Waals surface area (Å²) in [7, 11) is 0. The fourth-order valence-electron chi connectivity index (χ4n) is 2.24. The number of benzene rings is 1. The van der Waals surface area contributed by atoms with Gasteiger partial charge in [0.05, 0.1) is 6.42 Å². The number of aliphatic carboxylic acids is 1. The zero-order valence-electron chi connectivity index (χ0n) is 11.2. The predicted molar refractivity (Wildman–Crippen MR) is 77.2 cm³/mol. The molecule has 0 saturated carbocycles. The molecule has 7 heteroatoms. The Morgan fingerprint density at radius 2 is 2.19 bits per heavy atom. The summed E-state index contributed by atoms with van der Waals surface area (Å²) in [5, 5.41) is 11.5. The highest BCUT2D eigenvalue weighted by atomic mass is 35.5. The Labute approximate surface area is 126 Å². The third-order valence-corrected chi connectivity index (χ3v) is 3.52. The zero-order valence-corrected chi connectivity index (χ0v) is 12.0. The molecular weight excluding hydrogens is 296 g/mol. The van der Waals surface area contributed by atoms with Crippen LogP contribution in [-0.2, 0) is 14.4 Å². The number of anilines is 1. The van der Waals surface area contributed by atoms with E-state index in [-0.39, 0.29) is 18.9 Å². The molecular formula is C14H15ClN2O4. The molecule has 1 saturated heterocycles. The molecule has 1 aliphatic rings. The van der Waals surface area contributed by atoms with Crippen molar-refractivity contribution in [2.75, 3.05) is 18.0 Å².